The van der Waals surface area contributed by atoms with Gasteiger partial charge in [0, 0.05) is 116 Å². The number of fused-ring (bicyclic) bond motifs is 11. The zero-order valence-electron chi connectivity index (χ0n) is 67.2. The fraction of sp³-hybridized carbons (Fsp3) is 0.0175. The van der Waals surface area contributed by atoms with Crippen LogP contribution < -0.4 is 15.1 Å². The van der Waals surface area contributed by atoms with Gasteiger partial charge in [0.05, 0.1) is 66.9 Å². The van der Waals surface area contributed by atoms with Crippen molar-refractivity contribution in [1.82, 2.24) is 29.1 Å². The Kier molecular flexibility index (Phi) is 21.6. The molecule has 0 fully saturated rings. The van der Waals surface area contributed by atoms with Gasteiger partial charge in [0.15, 0.2) is 0 Å². The summed E-state index contributed by atoms with van der Waals surface area (Å²) in [6.45, 7) is 0. The van der Waals surface area contributed by atoms with Gasteiger partial charge in [-0.1, -0.05) is 300 Å². The van der Waals surface area contributed by atoms with Gasteiger partial charge in [-0.25, -0.2) is 19.9 Å². The largest absolute Gasteiger partial charge is 0.356 e. The number of aromatic nitrogens is 6. The zero-order chi connectivity index (χ0) is 82.8. The molecule has 0 saturated heterocycles. The van der Waals surface area contributed by atoms with Crippen molar-refractivity contribution in [2.45, 2.75) is 13.3 Å². The Balaban J connectivity index is 0.000000156. The molecule has 9 nitrogen and oxygen atoms in total. The highest BCUT2D eigenvalue weighted by atomic mass is 79.9. The van der Waals surface area contributed by atoms with Crippen LogP contribution in [0.25, 0.3) is 133 Å². The first-order valence-electron chi connectivity index (χ1n) is 41.6. The number of benzene rings is 18. The number of rotatable bonds is 15. The fourth-order valence-electron chi connectivity index (χ4n) is 17.5. The first-order chi connectivity index (χ1) is 61.3. The summed E-state index contributed by atoms with van der Waals surface area (Å²) in [6, 6.07) is 160. The summed E-state index contributed by atoms with van der Waals surface area (Å²) < 4.78 is 6.81. The van der Waals surface area contributed by atoms with E-state index >= 15 is 0 Å². The Hall–Kier alpha value is -15.4. The van der Waals surface area contributed by atoms with Crippen molar-refractivity contribution in [2.75, 3.05) is 15.1 Å². The minimum absolute atomic E-state index is 0. The molecule has 18 aromatic carbocycles. The Morgan fingerprint density at radius 2 is 0.560 bits per heavy atom. The van der Waals surface area contributed by atoms with Crippen LogP contribution in [0.2, 0.25) is 0 Å². The van der Waals surface area contributed by atoms with Crippen molar-refractivity contribution < 1.29 is 0 Å². The lowest BCUT2D eigenvalue weighted by atomic mass is 9.89. The molecule has 0 bridgehead atoms. The van der Waals surface area contributed by atoms with Crippen molar-refractivity contribution in [3.05, 3.63) is 481 Å². The van der Waals surface area contributed by atoms with Gasteiger partial charge in [-0.3, -0.25) is 0 Å². The van der Waals surface area contributed by atoms with Crippen molar-refractivity contribution in [3.8, 4) is 67.5 Å². The van der Waals surface area contributed by atoms with E-state index in [9.17, 15) is 0 Å². The van der Waals surface area contributed by atoms with Crippen LogP contribution in [0.15, 0.2) is 464 Å². The van der Waals surface area contributed by atoms with Crippen LogP contribution in [-0.2, 0) is 0 Å². The molecule has 4 aromatic heterocycles. The van der Waals surface area contributed by atoms with E-state index in [-0.39, 0.29) is 7.43 Å². The molecule has 1 unspecified atom stereocenters. The minimum Gasteiger partial charge on any atom is -0.356 e. The smallest absolute Gasteiger partial charge is 0.0973 e. The molecule has 0 aliphatic heterocycles. The second-order valence-electron chi connectivity index (χ2n) is 30.8. The third-order valence-corrected chi connectivity index (χ3v) is 24.2. The lowest BCUT2D eigenvalue weighted by Gasteiger charge is -2.26. The molecule has 0 spiro atoms. The monoisotopic (exact) mass is 1730 g/mol. The van der Waals surface area contributed by atoms with Crippen LogP contribution >= 0.6 is 31.9 Å². The van der Waals surface area contributed by atoms with Crippen LogP contribution in [0.1, 0.15) is 30.0 Å². The predicted octanol–water partition coefficient (Wildman–Crippen LogP) is 31.8. The van der Waals surface area contributed by atoms with Gasteiger partial charge >= 0.3 is 0 Å². The van der Waals surface area contributed by atoms with E-state index in [0.29, 0.717) is 5.92 Å². The highest BCUT2D eigenvalue weighted by Gasteiger charge is 2.30. The summed E-state index contributed by atoms with van der Waals surface area (Å²) in [4.78, 5) is 25.1. The summed E-state index contributed by atoms with van der Waals surface area (Å²) in [5.41, 5.74) is 33.3. The van der Waals surface area contributed by atoms with E-state index in [0.717, 1.165) is 144 Å². The fourth-order valence-corrected chi connectivity index (χ4v) is 18.0. The van der Waals surface area contributed by atoms with E-state index in [1.165, 1.54) is 60.4 Å². The third kappa shape index (κ3) is 15.5. The highest BCUT2D eigenvalue weighted by molar-refractivity contribution is 9.10. The molecule has 11 heteroatoms. The molecular formula is C114H81Br2N9. The lowest BCUT2D eigenvalue weighted by Crippen LogP contribution is -2.10. The van der Waals surface area contributed by atoms with E-state index in [4.69, 9.17) is 19.9 Å². The summed E-state index contributed by atoms with van der Waals surface area (Å²) >= 11 is 6.98. The van der Waals surface area contributed by atoms with Crippen LogP contribution in [0.4, 0.5) is 45.5 Å². The molecule has 125 heavy (non-hydrogen) atoms. The minimum atomic E-state index is 0. The molecule has 22 aromatic rings. The SMILES string of the molecule is Brc1ccc(-c2nc3ccccc3nc2-c2ccc(Br)cc2)cc1.C.c1ccc(N(c2ccc(-c3nc4ccccc4nc3-c3ccc(N(c4ccccc4)c4ccc5c(c4)c4ccccc4n5-c4ccccc4)cc3)cc2)c2ccc3c(c2)c2ccccc2n3-c2ccccc2)cc1.c1ccc(Nc2ccc3c(c2)-c2ccccc2C3c2ccccc2)cc1. The lowest BCUT2D eigenvalue weighted by molar-refractivity contribution is 1.02. The molecule has 1 N–H and O–H groups in total. The second-order valence-corrected chi connectivity index (χ2v) is 32.6. The zero-order valence-corrected chi connectivity index (χ0v) is 70.4. The number of hydrogen-bond donors (Lipinski definition) is 1. The average Bonchev–Trinajstić information content (AvgIpc) is 1.48. The summed E-state index contributed by atoms with van der Waals surface area (Å²) in [7, 11) is 0. The van der Waals surface area contributed by atoms with Crippen LogP contribution in [0.5, 0.6) is 0 Å². The van der Waals surface area contributed by atoms with Gasteiger partial charge in [-0.05, 0) is 222 Å². The molecule has 4 heterocycles. The summed E-state index contributed by atoms with van der Waals surface area (Å²) in [5.74, 6) is 0.313. The maximum atomic E-state index is 5.34. The normalized spacial score (nSPS) is 11.9. The predicted molar refractivity (Wildman–Crippen MR) is 530 cm³/mol. The highest BCUT2D eigenvalue weighted by Crippen LogP contribution is 2.50. The third-order valence-electron chi connectivity index (χ3n) is 23.2. The van der Waals surface area contributed by atoms with Crippen molar-refractivity contribution >= 4 is 143 Å². The molecule has 0 amide bonds. The van der Waals surface area contributed by atoms with E-state index in [1.54, 1.807) is 0 Å². The van der Waals surface area contributed by atoms with E-state index < -0.39 is 0 Å². The second kappa shape index (κ2) is 34.6. The topological polar surface area (TPSA) is 79.9 Å². The number of nitrogens with one attached hydrogen (secondary N) is 1. The number of para-hydroxylation sites is 11. The Labute approximate surface area is 743 Å². The van der Waals surface area contributed by atoms with Gasteiger partial charge in [-0.15, -0.1) is 0 Å². The Morgan fingerprint density at radius 3 is 0.984 bits per heavy atom. The molecular weight excluding hydrogens is 1660 g/mol. The maximum absolute atomic E-state index is 5.34. The van der Waals surface area contributed by atoms with Gasteiger partial charge in [0.1, 0.15) is 0 Å². The molecule has 596 valence electrons. The van der Waals surface area contributed by atoms with Crippen molar-refractivity contribution in [2.24, 2.45) is 0 Å². The Morgan fingerprint density at radius 1 is 0.240 bits per heavy atom. The first kappa shape index (κ1) is 78.2. The molecule has 1 aliphatic carbocycles. The maximum Gasteiger partial charge on any atom is 0.0973 e. The number of halogens is 2. The van der Waals surface area contributed by atoms with Crippen molar-refractivity contribution in [3.63, 3.8) is 0 Å². The standard InChI is InChI=1S/C68H46N6.C25H19N.C20H12Br2N2.CH4/c1-5-19-49(20-6-1)71(55-41-43-65-59(45-55)57-27-13-17-31-63(57)73(65)51-23-9-3-10-24-51)53-37-33-47(34-38-53)67-68(70-62-30-16-15-29-61(62)69-67)48-35-39-54(40-36-48)72(50-21-7-2-8-22-50)56-42-44-66-60(46-56)58-28-14-18-32-64(58)74(66)52-25-11-4-12-26-52;1-3-9-18(10-4-1)25-22-14-8-7-13-21(22)24-17-20(15-16-23(24)25)26-19-11-5-2-6-12-19;21-15-9-5-13(6-10-15)19-20(14-7-11-16(22)12-8-14)24-18-4-2-1-3-17(18)23-19;/h1-46H;1-17,25-26H;1-12H;1H4. The summed E-state index contributed by atoms with van der Waals surface area (Å²) in [5, 5.41) is 8.34. The van der Waals surface area contributed by atoms with E-state index in [2.05, 4.69) is 432 Å². The average molecular weight is 1740 g/mol. The van der Waals surface area contributed by atoms with Crippen LogP contribution in [0, 0.1) is 0 Å². The number of hydrogen-bond acceptors (Lipinski definition) is 7. The Bertz CT molecular complexity index is 7260. The molecule has 23 rings (SSSR count). The van der Waals surface area contributed by atoms with Gasteiger partial charge in [-0.2, -0.15) is 0 Å². The van der Waals surface area contributed by atoms with E-state index in [1.807, 2.05) is 78.9 Å². The van der Waals surface area contributed by atoms with Crippen molar-refractivity contribution in [1.29, 1.82) is 0 Å². The summed E-state index contributed by atoms with van der Waals surface area (Å²) in [6.07, 6.45) is 0. The van der Waals surface area contributed by atoms with Gasteiger partial charge in [0.25, 0.3) is 0 Å². The van der Waals surface area contributed by atoms with Gasteiger partial charge in [0.2, 0.25) is 0 Å². The first-order valence-corrected chi connectivity index (χ1v) is 43.2. The molecule has 1 aliphatic rings. The van der Waals surface area contributed by atoms with Gasteiger partial charge < -0.3 is 24.3 Å². The molecule has 0 saturated carbocycles. The molecule has 0 radical (unpaired) electrons. The number of nitrogens with zero attached hydrogens (tertiary/aromatic N) is 8. The molecule has 1 atom stereocenters. The van der Waals surface area contributed by atoms with Crippen LogP contribution in [0.3, 0.4) is 0 Å². The quantitative estimate of drug-likeness (QED) is 0.110. The van der Waals surface area contributed by atoms with Crippen LogP contribution in [-0.4, -0.2) is 29.1 Å². The number of anilines is 8.